The number of halogens is 3. The van der Waals surface area contributed by atoms with Gasteiger partial charge in [-0.15, -0.1) is 0 Å². The van der Waals surface area contributed by atoms with Crippen LogP contribution in [0.5, 0.6) is 11.5 Å². The van der Waals surface area contributed by atoms with Crippen molar-refractivity contribution in [2.75, 3.05) is 0 Å². The van der Waals surface area contributed by atoms with E-state index in [1.54, 1.807) is 18.5 Å². The Kier molecular flexibility index (Phi) is 4.18. The average molecular weight is 385 g/mol. The first-order chi connectivity index (χ1) is 10.9. The number of aromatic nitrogens is 2. The van der Waals surface area contributed by atoms with Gasteiger partial charge in [0.1, 0.15) is 23.3 Å². The molecular formula is C15H11BrF2N2O3. The third-order valence-electron chi connectivity index (χ3n) is 3.28. The monoisotopic (exact) mass is 384 g/mol. The SMILES string of the molecule is Oc1cc(OC(F)F)cc(C(O)c2c[nH]c3ncc(Br)cc23)c1. The molecule has 2 aromatic heterocycles. The highest BCUT2D eigenvalue weighted by Crippen LogP contribution is 2.33. The number of hydrogen-bond donors (Lipinski definition) is 3. The molecule has 0 aliphatic rings. The second-order valence-electron chi connectivity index (χ2n) is 4.84. The molecule has 0 fully saturated rings. The van der Waals surface area contributed by atoms with E-state index < -0.39 is 12.7 Å². The summed E-state index contributed by atoms with van der Waals surface area (Å²) in [7, 11) is 0. The van der Waals surface area contributed by atoms with Crippen LogP contribution in [0.4, 0.5) is 8.78 Å². The van der Waals surface area contributed by atoms with Crippen LogP contribution in [0.2, 0.25) is 0 Å². The van der Waals surface area contributed by atoms with Crippen molar-refractivity contribution < 1.29 is 23.7 Å². The van der Waals surface area contributed by atoms with Crippen molar-refractivity contribution in [3.05, 3.63) is 52.3 Å². The van der Waals surface area contributed by atoms with Gasteiger partial charge in [-0.25, -0.2) is 4.98 Å². The Labute approximate surface area is 137 Å². The van der Waals surface area contributed by atoms with Gasteiger partial charge in [-0.1, -0.05) is 0 Å². The van der Waals surface area contributed by atoms with Crippen molar-refractivity contribution in [3.8, 4) is 11.5 Å². The molecule has 2 heterocycles. The molecule has 8 heteroatoms. The number of aromatic hydroxyl groups is 1. The molecule has 0 radical (unpaired) electrons. The number of phenolic OH excluding ortho intramolecular Hbond substituents is 1. The van der Waals surface area contributed by atoms with Crippen molar-refractivity contribution in [2.24, 2.45) is 0 Å². The highest BCUT2D eigenvalue weighted by Gasteiger charge is 2.18. The van der Waals surface area contributed by atoms with Crippen LogP contribution in [0.3, 0.4) is 0 Å². The number of nitrogens with one attached hydrogen (secondary N) is 1. The maximum Gasteiger partial charge on any atom is 0.387 e. The van der Waals surface area contributed by atoms with Gasteiger partial charge in [-0.2, -0.15) is 8.78 Å². The number of phenols is 1. The van der Waals surface area contributed by atoms with Gasteiger partial charge in [-0.05, 0) is 39.7 Å². The molecule has 0 amide bonds. The average Bonchev–Trinajstić information content (AvgIpc) is 2.88. The lowest BCUT2D eigenvalue weighted by Gasteiger charge is -2.13. The minimum Gasteiger partial charge on any atom is -0.508 e. The van der Waals surface area contributed by atoms with E-state index in [2.05, 4.69) is 30.6 Å². The third-order valence-corrected chi connectivity index (χ3v) is 3.71. The molecule has 1 aromatic carbocycles. The summed E-state index contributed by atoms with van der Waals surface area (Å²) < 4.78 is 29.7. The number of nitrogens with zero attached hydrogens (tertiary/aromatic N) is 1. The van der Waals surface area contributed by atoms with Crippen LogP contribution in [0.15, 0.2) is 41.1 Å². The number of ether oxygens (including phenoxy) is 1. The topological polar surface area (TPSA) is 78.4 Å². The fourth-order valence-corrected chi connectivity index (χ4v) is 2.67. The van der Waals surface area contributed by atoms with E-state index >= 15 is 0 Å². The molecule has 0 bridgehead atoms. The maximum absolute atomic E-state index is 12.3. The van der Waals surface area contributed by atoms with E-state index in [1.165, 1.54) is 12.1 Å². The normalized spacial score (nSPS) is 12.7. The summed E-state index contributed by atoms with van der Waals surface area (Å²) in [6.07, 6.45) is 2.04. The van der Waals surface area contributed by atoms with Gasteiger partial charge in [-0.3, -0.25) is 0 Å². The van der Waals surface area contributed by atoms with Gasteiger partial charge in [0.15, 0.2) is 0 Å². The van der Waals surface area contributed by atoms with Gasteiger partial charge < -0.3 is 19.9 Å². The van der Waals surface area contributed by atoms with E-state index in [9.17, 15) is 19.0 Å². The highest BCUT2D eigenvalue weighted by molar-refractivity contribution is 9.10. The minimum atomic E-state index is -3.02. The van der Waals surface area contributed by atoms with Gasteiger partial charge in [0.05, 0.1) is 0 Å². The van der Waals surface area contributed by atoms with Crippen LogP contribution < -0.4 is 4.74 Å². The van der Waals surface area contributed by atoms with Crippen LogP contribution in [0.1, 0.15) is 17.2 Å². The molecular weight excluding hydrogens is 374 g/mol. The lowest BCUT2D eigenvalue weighted by molar-refractivity contribution is -0.0500. The minimum absolute atomic E-state index is 0.224. The molecule has 0 aliphatic heterocycles. The molecule has 1 unspecified atom stereocenters. The Balaban J connectivity index is 2.03. The number of aliphatic hydroxyl groups excluding tert-OH is 1. The number of pyridine rings is 1. The summed E-state index contributed by atoms with van der Waals surface area (Å²) in [5.41, 5.74) is 1.30. The first kappa shape index (κ1) is 15.7. The molecule has 0 spiro atoms. The lowest BCUT2D eigenvalue weighted by Crippen LogP contribution is -2.04. The number of alkyl halides is 2. The summed E-state index contributed by atoms with van der Waals surface area (Å²) in [4.78, 5) is 7.09. The molecule has 0 aliphatic carbocycles. The number of H-pyrrole nitrogens is 1. The number of aliphatic hydroxyl groups is 1. The molecule has 120 valence electrons. The maximum atomic E-state index is 12.3. The second kappa shape index (κ2) is 6.13. The van der Waals surface area contributed by atoms with Gasteiger partial charge in [0.2, 0.25) is 0 Å². The first-order valence-electron chi connectivity index (χ1n) is 6.53. The van der Waals surface area contributed by atoms with E-state index in [0.29, 0.717) is 16.6 Å². The molecule has 0 saturated heterocycles. The van der Waals surface area contributed by atoms with Crippen LogP contribution in [-0.2, 0) is 0 Å². The Hall–Kier alpha value is -2.19. The zero-order valence-electron chi connectivity index (χ0n) is 11.5. The summed E-state index contributed by atoms with van der Waals surface area (Å²) in [6, 6.07) is 5.36. The quantitative estimate of drug-likeness (QED) is 0.640. The molecule has 23 heavy (non-hydrogen) atoms. The number of benzene rings is 1. The van der Waals surface area contributed by atoms with Crippen molar-refractivity contribution in [1.29, 1.82) is 0 Å². The smallest absolute Gasteiger partial charge is 0.387 e. The largest absolute Gasteiger partial charge is 0.508 e. The predicted molar refractivity (Wildman–Crippen MR) is 82.6 cm³/mol. The first-order valence-corrected chi connectivity index (χ1v) is 7.32. The van der Waals surface area contributed by atoms with Crippen molar-refractivity contribution in [2.45, 2.75) is 12.7 Å². The number of fused-ring (bicyclic) bond motifs is 1. The van der Waals surface area contributed by atoms with Crippen LogP contribution >= 0.6 is 15.9 Å². The number of hydrogen-bond acceptors (Lipinski definition) is 4. The Morgan fingerprint density at radius 2 is 2.00 bits per heavy atom. The third kappa shape index (κ3) is 3.27. The van der Waals surface area contributed by atoms with Gasteiger partial charge in [0.25, 0.3) is 0 Å². The van der Waals surface area contributed by atoms with Crippen LogP contribution in [-0.4, -0.2) is 26.8 Å². The zero-order valence-corrected chi connectivity index (χ0v) is 13.1. The fourth-order valence-electron chi connectivity index (χ4n) is 2.34. The fraction of sp³-hybridized carbons (Fsp3) is 0.133. The highest BCUT2D eigenvalue weighted by atomic mass is 79.9. The van der Waals surface area contributed by atoms with E-state index in [-0.39, 0.29) is 17.1 Å². The summed E-state index contributed by atoms with van der Waals surface area (Å²) in [6.45, 7) is -3.02. The second-order valence-corrected chi connectivity index (χ2v) is 5.75. The summed E-state index contributed by atoms with van der Waals surface area (Å²) >= 11 is 3.31. The van der Waals surface area contributed by atoms with Gasteiger partial charge >= 0.3 is 6.61 Å². The Morgan fingerprint density at radius 3 is 2.74 bits per heavy atom. The van der Waals surface area contributed by atoms with E-state index in [1.807, 2.05) is 0 Å². The molecule has 0 saturated carbocycles. The van der Waals surface area contributed by atoms with Crippen molar-refractivity contribution >= 4 is 27.0 Å². The molecule has 5 nitrogen and oxygen atoms in total. The number of aromatic amines is 1. The van der Waals surface area contributed by atoms with Crippen molar-refractivity contribution in [3.63, 3.8) is 0 Å². The molecule has 3 N–H and O–H groups in total. The van der Waals surface area contributed by atoms with E-state index in [4.69, 9.17) is 0 Å². The summed E-state index contributed by atoms with van der Waals surface area (Å²) in [5, 5.41) is 20.9. The molecule has 1 atom stereocenters. The Morgan fingerprint density at radius 1 is 1.22 bits per heavy atom. The van der Waals surface area contributed by atoms with Gasteiger partial charge in [0, 0.05) is 33.9 Å². The van der Waals surface area contributed by atoms with Crippen LogP contribution in [0.25, 0.3) is 11.0 Å². The van der Waals surface area contributed by atoms with Crippen LogP contribution in [0, 0.1) is 0 Å². The Bertz CT molecular complexity index is 854. The molecule has 3 rings (SSSR count). The summed E-state index contributed by atoms with van der Waals surface area (Å²) in [5.74, 6) is -0.510. The van der Waals surface area contributed by atoms with Crippen molar-refractivity contribution in [1.82, 2.24) is 9.97 Å². The lowest BCUT2D eigenvalue weighted by atomic mass is 10.0. The number of rotatable bonds is 4. The predicted octanol–water partition coefficient (Wildman–Crippen LogP) is 3.71. The van der Waals surface area contributed by atoms with E-state index in [0.717, 1.165) is 10.5 Å². The standard InChI is InChI=1S/C15H11BrF2N2O3/c16-8-3-11-12(6-20-14(11)19-5-8)13(22)7-1-9(21)4-10(2-7)23-15(17)18/h1-6,13,15,21-22H,(H,19,20). The zero-order chi connectivity index (χ0) is 16.6. The molecule has 3 aromatic rings.